The van der Waals surface area contributed by atoms with Crippen molar-refractivity contribution in [2.45, 2.75) is 24.7 Å². The highest BCUT2D eigenvalue weighted by Gasteiger charge is 2.07. The number of carbonyl (C=O) groups excluding carboxylic acids is 1. The topological polar surface area (TPSA) is 38.3 Å². The molecule has 116 valence electrons. The van der Waals surface area contributed by atoms with E-state index in [-0.39, 0.29) is 12.5 Å². The standard InChI is InChI=1S/C18H21NO2S/c1-13(2)14-7-6-8-15(11-14)21-12-18(20)19-16-9-4-5-10-17(16)22-3/h4-11,13H,12H2,1-3H3,(H,19,20). The summed E-state index contributed by atoms with van der Waals surface area (Å²) < 4.78 is 5.59. The third-order valence-electron chi connectivity index (χ3n) is 3.28. The van der Waals surface area contributed by atoms with Gasteiger partial charge in [0.15, 0.2) is 6.61 Å². The van der Waals surface area contributed by atoms with E-state index in [0.717, 1.165) is 16.3 Å². The van der Waals surface area contributed by atoms with E-state index in [1.54, 1.807) is 11.8 Å². The molecule has 0 saturated heterocycles. The molecule has 0 radical (unpaired) electrons. The Labute approximate surface area is 136 Å². The molecule has 2 rings (SSSR count). The van der Waals surface area contributed by atoms with E-state index in [4.69, 9.17) is 4.74 Å². The molecule has 0 aliphatic rings. The predicted octanol–water partition coefficient (Wildman–Crippen LogP) is 4.55. The van der Waals surface area contributed by atoms with E-state index in [9.17, 15) is 4.79 Å². The van der Waals surface area contributed by atoms with Crippen LogP contribution in [0.4, 0.5) is 5.69 Å². The fourth-order valence-electron chi connectivity index (χ4n) is 2.05. The maximum absolute atomic E-state index is 12.0. The molecule has 0 bridgehead atoms. The first-order valence-corrected chi connectivity index (χ1v) is 8.48. The van der Waals surface area contributed by atoms with Crippen molar-refractivity contribution in [3.05, 3.63) is 54.1 Å². The second-order valence-corrected chi connectivity index (χ2v) is 6.11. The number of anilines is 1. The molecule has 0 heterocycles. The Kier molecular flexibility index (Phi) is 5.90. The Hall–Kier alpha value is -1.94. The van der Waals surface area contributed by atoms with Crippen LogP contribution < -0.4 is 10.1 Å². The van der Waals surface area contributed by atoms with Crippen LogP contribution in [0, 0.1) is 0 Å². The zero-order valence-electron chi connectivity index (χ0n) is 13.1. The highest BCUT2D eigenvalue weighted by atomic mass is 32.2. The monoisotopic (exact) mass is 315 g/mol. The van der Waals surface area contributed by atoms with E-state index in [2.05, 4.69) is 25.2 Å². The van der Waals surface area contributed by atoms with Crippen LogP contribution in [-0.4, -0.2) is 18.8 Å². The number of hydrogen-bond acceptors (Lipinski definition) is 3. The Morgan fingerprint density at radius 3 is 2.68 bits per heavy atom. The SMILES string of the molecule is CSc1ccccc1NC(=O)COc1cccc(C(C)C)c1. The molecule has 2 aromatic carbocycles. The quantitative estimate of drug-likeness (QED) is 0.795. The summed E-state index contributed by atoms with van der Waals surface area (Å²) in [6.45, 7) is 4.26. The molecule has 0 spiro atoms. The van der Waals surface area contributed by atoms with Gasteiger partial charge in [0.1, 0.15) is 5.75 Å². The van der Waals surface area contributed by atoms with Crippen LogP contribution in [0.15, 0.2) is 53.4 Å². The van der Waals surface area contributed by atoms with E-state index in [0.29, 0.717) is 5.92 Å². The van der Waals surface area contributed by atoms with E-state index >= 15 is 0 Å². The number of hydrogen-bond donors (Lipinski definition) is 1. The van der Waals surface area contributed by atoms with E-state index < -0.39 is 0 Å². The molecule has 0 fully saturated rings. The van der Waals surface area contributed by atoms with Gasteiger partial charge in [0, 0.05) is 4.90 Å². The van der Waals surface area contributed by atoms with Gasteiger partial charge >= 0.3 is 0 Å². The van der Waals surface area contributed by atoms with Gasteiger partial charge in [-0.15, -0.1) is 11.8 Å². The van der Waals surface area contributed by atoms with Gasteiger partial charge in [-0.3, -0.25) is 4.79 Å². The zero-order chi connectivity index (χ0) is 15.9. The Bertz CT molecular complexity index is 640. The molecule has 0 saturated carbocycles. The van der Waals surface area contributed by atoms with Gasteiger partial charge in [-0.1, -0.05) is 38.1 Å². The van der Waals surface area contributed by atoms with Crippen molar-refractivity contribution >= 4 is 23.4 Å². The van der Waals surface area contributed by atoms with Crippen molar-refractivity contribution in [3.8, 4) is 5.75 Å². The van der Waals surface area contributed by atoms with Crippen LogP contribution >= 0.6 is 11.8 Å². The number of benzene rings is 2. The van der Waals surface area contributed by atoms with Gasteiger partial charge < -0.3 is 10.1 Å². The number of para-hydroxylation sites is 1. The first kappa shape index (κ1) is 16.4. The average Bonchev–Trinajstić information content (AvgIpc) is 2.53. The highest BCUT2D eigenvalue weighted by molar-refractivity contribution is 7.98. The van der Waals surface area contributed by atoms with E-state index in [1.165, 1.54) is 5.56 Å². The smallest absolute Gasteiger partial charge is 0.262 e. The molecular formula is C18H21NO2S. The first-order valence-electron chi connectivity index (χ1n) is 7.25. The summed E-state index contributed by atoms with van der Waals surface area (Å²) in [5.41, 5.74) is 2.02. The number of nitrogens with one attached hydrogen (secondary N) is 1. The first-order chi connectivity index (χ1) is 10.6. The van der Waals surface area contributed by atoms with Crippen LogP contribution in [0.3, 0.4) is 0 Å². The van der Waals surface area contributed by atoms with Crippen LogP contribution in [0.25, 0.3) is 0 Å². The Morgan fingerprint density at radius 2 is 1.95 bits per heavy atom. The minimum absolute atomic E-state index is 0.00423. The van der Waals surface area contributed by atoms with Gasteiger partial charge in [-0.2, -0.15) is 0 Å². The van der Waals surface area contributed by atoms with Crippen molar-refractivity contribution < 1.29 is 9.53 Å². The summed E-state index contributed by atoms with van der Waals surface area (Å²) in [7, 11) is 0. The molecule has 0 aromatic heterocycles. The van der Waals surface area contributed by atoms with Crippen LogP contribution in [0.5, 0.6) is 5.75 Å². The molecule has 0 aliphatic carbocycles. The lowest BCUT2D eigenvalue weighted by atomic mass is 10.0. The summed E-state index contributed by atoms with van der Waals surface area (Å²) in [6, 6.07) is 15.6. The fraction of sp³-hybridized carbons (Fsp3) is 0.278. The lowest BCUT2D eigenvalue weighted by Crippen LogP contribution is -2.20. The maximum Gasteiger partial charge on any atom is 0.262 e. The minimum atomic E-state index is -0.156. The van der Waals surface area contributed by atoms with Crippen molar-refractivity contribution in [2.24, 2.45) is 0 Å². The molecular weight excluding hydrogens is 294 g/mol. The van der Waals surface area contributed by atoms with E-state index in [1.807, 2.05) is 48.7 Å². The molecule has 2 aromatic rings. The molecule has 1 amide bonds. The second kappa shape index (κ2) is 7.90. The molecule has 0 atom stereocenters. The molecule has 0 unspecified atom stereocenters. The molecule has 4 heteroatoms. The van der Waals surface area contributed by atoms with Crippen molar-refractivity contribution in [2.75, 3.05) is 18.2 Å². The third-order valence-corrected chi connectivity index (χ3v) is 4.07. The van der Waals surface area contributed by atoms with Crippen molar-refractivity contribution in [1.29, 1.82) is 0 Å². The fourth-order valence-corrected chi connectivity index (χ4v) is 2.60. The lowest BCUT2D eigenvalue weighted by Gasteiger charge is -2.11. The third kappa shape index (κ3) is 4.53. The Balaban J connectivity index is 1.94. The van der Waals surface area contributed by atoms with Gasteiger partial charge in [-0.25, -0.2) is 0 Å². The second-order valence-electron chi connectivity index (χ2n) is 5.26. The van der Waals surface area contributed by atoms with Gasteiger partial charge in [0.05, 0.1) is 5.69 Å². The molecule has 0 aliphatic heterocycles. The predicted molar refractivity (Wildman–Crippen MR) is 92.9 cm³/mol. The summed E-state index contributed by atoms with van der Waals surface area (Å²) in [6.07, 6.45) is 1.99. The maximum atomic E-state index is 12.0. The van der Waals surface area contributed by atoms with Crippen molar-refractivity contribution in [1.82, 2.24) is 0 Å². The molecule has 22 heavy (non-hydrogen) atoms. The number of carbonyl (C=O) groups is 1. The van der Waals surface area contributed by atoms with Crippen LogP contribution in [0.1, 0.15) is 25.3 Å². The summed E-state index contributed by atoms with van der Waals surface area (Å²) in [5.74, 6) is 1.00. The number of thioether (sulfide) groups is 1. The normalized spacial score (nSPS) is 10.5. The highest BCUT2D eigenvalue weighted by Crippen LogP contribution is 2.24. The van der Waals surface area contributed by atoms with Crippen LogP contribution in [-0.2, 0) is 4.79 Å². The van der Waals surface area contributed by atoms with Gasteiger partial charge in [0.25, 0.3) is 5.91 Å². The average molecular weight is 315 g/mol. The van der Waals surface area contributed by atoms with Gasteiger partial charge in [-0.05, 0) is 42.0 Å². The summed E-state index contributed by atoms with van der Waals surface area (Å²) in [5, 5.41) is 2.88. The zero-order valence-corrected chi connectivity index (χ0v) is 13.9. The molecule has 3 nitrogen and oxygen atoms in total. The summed E-state index contributed by atoms with van der Waals surface area (Å²) in [4.78, 5) is 13.1. The largest absolute Gasteiger partial charge is 0.484 e. The Morgan fingerprint density at radius 1 is 1.18 bits per heavy atom. The lowest BCUT2D eigenvalue weighted by molar-refractivity contribution is -0.118. The van der Waals surface area contributed by atoms with Crippen LogP contribution in [0.2, 0.25) is 0 Å². The van der Waals surface area contributed by atoms with Gasteiger partial charge in [0.2, 0.25) is 0 Å². The minimum Gasteiger partial charge on any atom is -0.484 e. The number of ether oxygens (including phenoxy) is 1. The number of amides is 1. The number of rotatable bonds is 6. The summed E-state index contributed by atoms with van der Waals surface area (Å²) >= 11 is 1.60. The van der Waals surface area contributed by atoms with Crippen molar-refractivity contribution in [3.63, 3.8) is 0 Å². The molecule has 1 N–H and O–H groups in total.